The summed E-state index contributed by atoms with van der Waals surface area (Å²) in [5.74, 6) is -0.0786. The van der Waals surface area contributed by atoms with E-state index in [0.717, 1.165) is 17.5 Å². The zero-order chi connectivity index (χ0) is 23.8. The van der Waals surface area contributed by atoms with E-state index >= 15 is 0 Å². The molecule has 0 aliphatic rings. The second-order valence-electron chi connectivity index (χ2n) is 9.55. The number of hydrogen-bond acceptors (Lipinski definition) is 5. The summed E-state index contributed by atoms with van der Waals surface area (Å²) >= 11 is 0. The Morgan fingerprint density at radius 2 is 1.88 bits per heavy atom. The Balaban J connectivity index is 1.78. The van der Waals surface area contributed by atoms with Crippen molar-refractivity contribution in [3.05, 3.63) is 66.1 Å². The quantitative estimate of drug-likeness (QED) is 0.460. The summed E-state index contributed by atoms with van der Waals surface area (Å²) in [6.07, 6.45) is 6.49. The summed E-state index contributed by atoms with van der Waals surface area (Å²) in [5.41, 5.74) is 9.53. The molecule has 0 spiro atoms. The number of hydrogen-bond donors (Lipinski definition) is 2. The van der Waals surface area contributed by atoms with Crippen molar-refractivity contribution in [3.63, 3.8) is 0 Å². The topological polar surface area (TPSA) is 103 Å². The summed E-state index contributed by atoms with van der Waals surface area (Å²) in [7, 11) is 0. The van der Waals surface area contributed by atoms with Gasteiger partial charge in [-0.2, -0.15) is 10.1 Å². The maximum atomic E-state index is 13.0. The second kappa shape index (κ2) is 8.69. The van der Waals surface area contributed by atoms with Gasteiger partial charge in [0.25, 0.3) is 5.91 Å². The lowest BCUT2D eigenvalue weighted by molar-refractivity contribution is 0.0940. The summed E-state index contributed by atoms with van der Waals surface area (Å²) < 4.78 is 3.55. The van der Waals surface area contributed by atoms with Crippen molar-refractivity contribution in [2.24, 2.45) is 5.41 Å². The number of aromatic nitrogens is 5. The lowest BCUT2D eigenvalue weighted by Crippen LogP contribution is -2.32. The minimum atomic E-state index is -0.201. The number of amides is 1. The van der Waals surface area contributed by atoms with Crippen LogP contribution in [0.15, 0.2) is 55.0 Å². The highest BCUT2D eigenvalue weighted by molar-refractivity contribution is 6.01. The molecule has 0 saturated carbocycles. The van der Waals surface area contributed by atoms with Gasteiger partial charge >= 0.3 is 0 Å². The molecule has 3 aromatic heterocycles. The first kappa shape index (κ1) is 22.5. The van der Waals surface area contributed by atoms with Gasteiger partial charge in [-0.25, -0.2) is 4.52 Å². The second-order valence-corrected chi connectivity index (χ2v) is 9.55. The summed E-state index contributed by atoms with van der Waals surface area (Å²) in [6, 6.07) is 12.3. The molecule has 8 heteroatoms. The third-order valence-electron chi connectivity index (χ3n) is 5.82. The van der Waals surface area contributed by atoms with E-state index in [1.165, 1.54) is 5.56 Å². The van der Waals surface area contributed by atoms with Gasteiger partial charge in [-0.05, 0) is 30.4 Å². The largest absolute Gasteiger partial charge is 0.366 e. The van der Waals surface area contributed by atoms with Crippen molar-refractivity contribution in [3.8, 4) is 11.1 Å². The van der Waals surface area contributed by atoms with Gasteiger partial charge in [0.05, 0.1) is 17.8 Å². The number of nitrogens with zero attached hydrogens (tertiary/aromatic N) is 5. The fourth-order valence-electron chi connectivity index (χ4n) is 4.04. The Hall–Kier alpha value is -3.68. The molecule has 3 N–H and O–H groups in total. The smallest absolute Gasteiger partial charge is 0.255 e. The highest BCUT2D eigenvalue weighted by atomic mass is 16.1. The molecule has 1 aromatic carbocycles. The number of carbonyl (C=O) groups is 1. The number of fused-ring (bicyclic) bond motifs is 1. The van der Waals surface area contributed by atoms with Gasteiger partial charge in [0.15, 0.2) is 5.65 Å². The van der Waals surface area contributed by atoms with Crippen molar-refractivity contribution < 1.29 is 4.79 Å². The average molecular weight is 446 g/mol. The predicted octanol–water partition coefficient (Wildman–Crippen LogP) is 4.34. The Kier molecular flexibility index (Phi) is 5.93. The minimum absolute atomic E-state index is 0.0441. The van der Waals surface area contributed by atoms with Gasteiger partial charge in [0.2, 0.25) is 5.95 Å². The van der Waals surface area contributed by atoms with E-state index in [2.05, 4.69) is 48.3 Å². The van der Waals surface area contributed by atoms with E-state index in [9.17, 15) is 4.79 Å². The van der Waals surface area contributed by atoms with Crippen molar-refractivity contribution in [1.82, 2.24) is 29.7 Å². The first-order valence-corrected chi connectivity index (χ1v) is 11.2. The Morgan fingerprint density at radius 1 is 1.15 bits per heavy atom. The number of nitrogens with one attached hydrogen (secondary N) is 1. The molecule has 2 atom stereocenters. The van der Waals surface area contributed by atoms with Crippen molar-refractivity contribution in [2.45, 2.75) is 53.1 Å². The minimum Gasteiger partial charge on any atom is -0.366 e. The van der Waals surface area contributed by atoms with Crippen LogP contribution in [0.4, 0.5) is 5.95 Å². The first-order valence-electron chi connectivity index (χ1n) is 11.2. The van der Waals surface area contributed by atoms with Gasteiger partial charge < -0.3 is 11.1 Å². The summed E-state index contributed by atoms with van der Waals surface area (Å²) in [4.78, 5) is 17.3. The van der Waals surface area contributed by atoms with Crippen LogP contribution in [-0.2, 0) is 0 Å². The standard InChI is InChI=1S/C25H31N7O/c1-6-16(2)28-23(33)20-12-18(14-32-22(20)29-24(26)30-32)19-13-27-31(15-19)21(25(3,4)5)17-10-8-7-9-11-17/h7-16,21H,6H2,1-5H3,(H2,26,30)(H,28,33)/t16-,21?/m0/s1. The molecule has 8 nitrogen and oxygen atoms in total. The summed E-state index contributed by atoms with van der Waals surface area (Å²) in [5, 5.41) is 12.0. The Labute approximate surface area is 193 Å². The highest BCUT2D eigenvalue weighted by Gasteiger charge is 2.29. The normalized spacial score (nSPS) is 13.7. The molecule has 0 saturated heterocycles. The lowest BCUT2D eigenvalue weighted by atomic mass is 9.82. The van der Waals surface area contributed by atoms with Crippen LogP contribution < -0.4 is 11.1 Å². The van der Waals surface area contributed by atoms with E-state index in [1.54, 1.807) is 4.52 Å². The molecule has 0 fully saturated rings. The molecule has 172 valence electrons. The molecule has 4 aromatic rings. The van der Waals surface area contributed by atoms with Crippen LogP contribution in [0.1, 0.15) is 63.0 Å². The van der Waals surface area contributed by atoms with E-state index in [4.69, 9.17) is 10.8 Å². The van der Waals surface area contributed by atoms with Crippen molar-refractivity contribution in [1.29, 1.82) is 0 Å². The van der Waals surface area contributed by atoms with Gasteiger partial charge in [-0.15, -0.1) is 5.10 Å². The van der Waals surface area contributed by atoms with Crippen LogP contribution in [0, 0.1) is 5.41 Å². The van der Waals surface area contributed by atoms with Crippen molar-refractivity contribution >= 4 is 17.5 Å². The fourth-order valence-corrected chi connectivity index (χ4v) is 4.04. The molecule has 1 amide bonds. The van der Waals surface area contributed by atoms with Gasteiger partial charge in [0.1, 0.15) is 0 Å². The van der Waals surface area contributed by atoms with Crippen LogP contribution in [0.3, 0.4) is 0 Å². The third-order valence-corrected chi connectivity index (χ3v) is 5.82. The van der Waals surface area contributed by atoms with E-state index in [0.29, 0.717) is 11.2 Å². The number of benzene rings is 1. The maximum absolute atomic E-state index is 13.0. The molecular formula is C25H31N7O. The van der Waals surface area contributed by atoms with E-state index < -0.39 is 0 Å². The predicted molar refractivity (Wildman–Crippen MR) is 130 cm³/mol. The number of nitrogen functional groups attached to an aromatic ring is 1. The molecule has 33 heavy (non-hydrogen) atoms. The molecule has 3 heterocycles. The first-order chi connectivity index (χ1) is 15.7. The third kappa shape index (κ3) is 4.60. The van der Waals surface area contributed by atoms with Crippen LogP contribution in [0.25, 0.3) is 16.8 Å². The summed E-state index contributed by atoms with van der Waals surface area (Å²) in [6.45, 7) is 10.6. The molecule has 0 aliphatic carbocycles. The Morgan fingerprint density at radius 3 is 2.55 bits per heavy atom. The van der Waals surface area contributed by atoms with E-state index in [-0.39, 0.29) is 29.4 Å². The highest BCUT2D eigenvalue weighted by Crippen LogP contribution is 2.37. The average Bonchev–Trinajstić information content (AvgIpc) is 3.38. The number of pyridine rings is 1. The van der Waals surface area contributed by atoms with Crippen LogP contribution >= 0.6 is 0 Å². The zero-order valence-corrected chi connectivity index (χ0v) is 19.8. The van der Waals surface area contributed by atoms with Gasteiger partial charge in [0, 0.05) is 29.6 Å². The SMILES string of the molecule is CC[C@H](C)NC(=O)c1cc(-c2cnn(C(c3ccccc3)C(C)(C)C)c2)cn2nc(N)nc12. The molecule has 1 unspecified atom stereocenters. The van der Waals surface area contributed by atoms with Gasteiger partial charge in [-0.3, -0.25) is 9.48 Å². The number of rotatable bonds is 6. The Bertz CT molecular complexity index is 1270. The number of nitrogens with two attached hydrogens (primary N) is 1. The molecular weight excluding hydrogens is 414 g/mol. The molecule has 4 rings (SSSR count). The number of carbonyl (C=O) groups excluding carboxylic acids is 1. The fraction of sp³-hybridized carbons (Fsp3) is 0.360. The van der Waals surface area contributed by atoms with E-state index in [1.807, 2.05) is 61.4 Å². The zero-order valence-electron chi connectivity index (χ0n) is 19.8. The van der Waals surface area contributed by atoms with Crippen LogP contribution in [0.5, 0.6) is 0 Å². The monoisotopic (exact) mass is 445 g/mol. The van der Waals surface area contributed by atoms with Crippen LogP contribution in [-0.4, -0.2) is 36.3 Å². The number of anilines is 1. The maximum Gasteiger partial charge on any atom is 0.255 e. The lowest BCUT2D eigenvalue weighted by Gasteiger charge is -2.31. The van der Waals surface area contributed by atoms with Gasteiger partial charge in [-0.1, -0.05) is 58.0 Å². The molecule has 0 bridgehead atoms. The molecule has 0 radical (unpaired) electrons. The van der Waals surface area contributed by atoms with Crippen LogP contribution in [0.2, 0.25) is 0 Å². The molecule has 0 aliphatic heterocycles. The van der Waals surface area contributed by atoms with Crippen molar-refractivity contribution in [2.75, 3.05) is 5.73 Å².